The molecule has 0 aliphatic carbocycles. The van der Waals surface area contributed by atoms with Crippen LogP contribution < -0.4 is 11.3 Å². The predicted molar refractivity (Wildman–Crippen MR) is 81.1 cm³/mol. The minimum absolute atomic E-state index is 0.00952. The van der Waals surface area contributed by atoms with Gasteiger partial charge < -0.3 is 30.5 Å². The highest BCUT2D eigenvalue weighted by Crippen LogP contribution is 2.42. The lowest BCUT2D eigenvalue weighted by Crippen LogP contribution is -2.44. The Hall–Kier alpha value is -1.86. The van der Waals surface area contributed by atoms with Gasteiger partial charge in [-0.25, -0.2) is 9.55 Å². The number of rotatable bonds is 4. The van der Waals surface area contributed by atoms with E-state index >= 15 is 0 Å². The standard InChI is InChI=1S/C11H16N5O8P/c1-11(19)6(17)4(2-23-25(20,21)22)24-9(11)16-3-13-5-7(16)14-10(12)15-8(5)18/h3-4,6,9,17,19H,2H2,1H3,(H2,20,21,22)(H3,12,14,15,18)/t4-,6-,9-,11-/m1/s1. The molecule has 0 amide bonds. The first-order valence-electron chi connectivity index (χ1n) is 6.99. The number of aliphatic hydroxyl groups excluding tert-OH is 1. The molecule has 0 spiro atoms. The summed E-state index contributed by atoms with van der Waals surface area (Å²) in [6.45, 7) is 0.586. The van der Waals surface area contributed by atoms with Crippen LogP contribution in [0.2, 0.25) is 0 Å². The maximum Gasteiger partial charge on any atom is 0.469 e. The van der Waals surface area contributed by atoms with E-state index in [9.17, 15) is 19.6 Å². The number of aromatic amines is 1. The average molecular weight is 377 g/mol. The zero-order valence-corrected chi connectivity index (χ0v) is 13.7. The van der Waals surface area contributed by atoms with Crippen molar-refractivity contribution in [1.82, 2.24) is 19.5 Å². The SMILES string of the molecule is C[C@@]1(O)[C@H](O)[C@@H](COP(=O)(O)O)O[C@H]1n1cnc2c(=O)[nH]c(N)nc21. The fourth-order valence-corrected chi connectivity index (χ4v) is 3.00. The number of aromatic nitrogens is 4. The zero-order chi connectivity index (χ0) is 18.6. The van der Waals surface area contributed by atoms with Crippen LogP contribution in [0.15, 0.2) is 11.1 Å². The van der Waals surface area contributed by atoms with Gasteiger partial charge in [0.25, 0.3) is 5.56 Å². The molecule has 25 heavy (non-hydrogen) atoms. The molecule has 13 nitrogen and oxygen atoms in total. The van der Waals surface area contributed by atoms with Crippen molar-refractivity contribution in [3.63, 3.8) is 0 Å². The lowest BCUT2D eigenvalue weighted by Gasteiger charge is -2.27. The molecule has 138 valence electrons. The highest BCUT2D eigenvalue weighted by molar-refractivity contribution is 7.46. The molecule has 1 aliphatic rings. The minimum atomic E-state index is -4.78. The second kappa shape index (κ2) is 5.85. The van der Waals surface area contributed by atoms with E-state index < -0.39 is 44.0 Å². The molecule has 3 heterocycles. The number of nitrogen functional groups attached to an aromatic ring is 1. The zero-order valence-electron chi connectivity index (χ0n) is 12.8. The molecule has 0 bridgehead atoms. The first-order valence-corrected chi connectivity index (χ1v) is 8.52. The summed E-state index contributed by atoms with van der Waals surface area (Å²) in [5, 5.41) is 20.8. The van der Waals surface area contributed by atoms with Crippen molar-refractivity contribution in [3.05, 3.63) is 16.7 Å². The Bertz CT molecular complexity index is 903. The number of nitrogens with zero attached hydrogens (tertiary/aromatic N) is 3. The highest BCUT2D eigenvalue weighted by atomic mass is 31.2. The Morgan fingerprint density at radius 3 is 2.88 bits per heavy atom. The summed E-state index contributed by atoms with van der Waals surface area (Å²) in [7, 11) is -4.78. The monoisotopic (exact) mass is 377 g/mol. The lowest BCUT2D eigenvalue weighted by molar-refractivity contribution is -0.0949. The Labute approximate surface area is 139 Å². The molecule has 1 saturated heterocycles. The van der Waals surface area contributed by atoms with Gasteiger partial charge in [-0.05, 0) is 6.92 Å². The number of fused-ring (bicyclic) bond motifs is 1. The van der Waals surface area contributed by atoms with Crippen molar-refractivity contribution in [2.45, 2.75) is 31.0 Å². The number of phosphoric ester groups is 1. The molecular weight excluding hydrogens is 361 g/mol. The summed E-state index contributed by atoms with van der Waals surface area (Å²) < 4.78 is 21.8. The van der Waals surface area contributed by atoms with Gasteiger partial charge >= 0.3 is 7.82 Å². The Morgan fingerprint density at radius 1 is 1.56 bits per heavy atom. The van der Waals surface area contributed by atoms with Crippen LogP contribution in [0.25, 0.3) is 11.2 Å². The van der Waals surface area contributed by atoms with Crippen LogP contribution >= 0.6 is 7.82 Å². The summed E-state index contributed by atoms with van der Waals surface area (Å²) in [5.41, 5.74) is 2.96. The van der Waals surface area contributed by atoms with E-state index in [-0.39, 0.29) is 17.1 Å². The van der Waals surface area contributed by atoms with Crippen LogP contribution in [0.1, 0.15) is 13.2 Å². The van der Waals surface area contributed by atoms with Crippen LogP contribution in [0.5, 0.6) is 0 Å². The molecule has 0 saturated carbocycles. The van der Waals surface area contributed by atoms with Crippen LogP contribution in [0, 0.1) is 0 Å². The Balaban J connectivity index is 1.97. The number of nitrogens with two attached hydrogens (primary N) is 1. The van der Waals surface area contributed by atoms with E-state index in [2.05, 4.69) is 19.5 Å². The molecule has 0 aromatic carbocycles. The largest absolute Gasteiger partial charge is 0.469 e. The van der Waals surface area contributed by atoms with Gasteiger partial charge in [-0.1, -0.05) is 0 Å². The summed E-state index contributed by atoms with van der Waals surface area (Å²) in [4.78, 5) is 39.4. The van der Waals surface area contributed by atoms with Gasteiger partial charge in [0.05, 0.1) is 12.9 Å². The minimum Gasteiger partial charge on any atom is -0.387 e. The maximum absolute atomic E-state index is 11.8. The smallest absolute Gasteiger partial charge is 0.387 e. The summed E-state index contributed by atoms with van der Waals surface area (Å²) in [6, 6.07) is 0. The number of aliphatic hydroxyl groups is 2. The second-order valence-corrected chi connectivity index (χ2v) is 7.00. The van der Waals surface area contributed by atoms with Crippen LogP contribution in [-0.4, -0.2) is 63.9 Å². The highest BCUT2D eigenvalue weighted by Gasteiger charge is 2.54. The van der Waals surface area contributed by atoms with E-state index in [1.807, 2.05) is 0 Å². The predicted octanol–water partition coefficient (Wildman–Crippen LogP) is -2.18. The molecule has 2 aromatic heterocycles. The molecule has 0 radical (unpaired) electrons. The summed E-state index contributed by atoms with van der Waals surface area (Å²) >= 11 is 0. The molecule has 2 aromatic rings. The number of hydrogen-bond donors (Lipinski definition) is 6. The van der Waals surface area contributed by atoms with Gasteiger partial charge in [0.15, 0.2) is 17.4 Å². The number of phosphoric acid groups is 1. The maximum atomic E-state index is 11.8. The van der Waals surface area contributed by atoms with Crippen molar-refractivity contribution in [3.8, 4) is 0 Å². The number of hydrogen-bond acceptors (Lipinski definition) is 9. The number of imidazole rings is 1. The van der Waals surface area contributed by atoms with Crippen LogP contribution in [0.4, 0.5) is 5.95 Å². The van der Waals surface area contributed by atoms with Crippen molar-refractivity contribution < 1.29 is 33.8 Å². The normalized spacial score (nSPS) is 30.2. The van der Waals surface area contributed by atoms with Gasteiger partial charge in [-0.3, -0.25) is 18.9 Å². The number of H-pyrrole nitrogens is 1. The van der Waals surface area contributed by atoms with Crippen molar-refractivity contribution >= 4 is 24.9 Å². The fourth-order valence-electron chi connectivity index (χ4n) is 2.66. The first-order chi connectivity index (χ1) is 11.5. The Kier molecular flexibility index (Phi) is 4.20. The number of ether oxygens (including phenoxy) is 1. The molecule has 1 fully saturated rings. The van der Waals surface area contributed by atoms with E-state index in [1.54, 1.807) is 0 Å². The molecular formula is C11H16N5O8P. The van der Waals surface area contributed by atoms with Crippen LogP contribution in [-0.2, 0) is 13.8 Å². The topological polar surface area (TPSA) is 206 Å². The summed E-state index contributed by atoms with van der Waals surface area (Å²) in [6.07, 6.45) is -2.87. The quantitative estimate of drug-likeness (QED) is 0.316. The number of nitrogens with one attached hydrogen (secondary N) is 1. The van der Waals surface area contributed by atoms with E-state index in [0.29, 0.717) is 0 Å². The summed E-state index contributed by atoms with van der Waals surface area (Å²) in [5.74, 6) is -0.182. The van der Waals surface area contributed by atoms with E-state index in [4.69, 9.17) is 20.3 Å². The average Bonchev–Trinajstić information content (AvgIpc) is 2.97. The molecule has 1 aliphatic heterocycles. The van der Waals surface area contributed by atoms with E-state index in [1.165, 1.54) is 17.8 Å². The third-order valence-electron chi connectivity index (χ3n) is 3.86. The Morgan fingerprint density at radius 2 is 2.24 bits per heavy atom. The van der Waals surface area contributed by atoms with Gasteiger partial charge in [0.2, 0.25) is 5.95 Å². The molecule has 7 N–H and O–H groups in total. The van der Waals surface area contributed by atoms with Crippen molar-refractivity contribution in [2.24, 2.45) is 0 Å². The fraction of sp³-hybridized carbons (Fsp3) is 0.545. The lowest BCUT2D eigenvalue weighted by atomic mass is 9.96. The molecule has 3 rings (SSSR count). The van der Waals surface area contributed by atoms with Gasteiger partial charge in [-0.2, -0.15) is 4.98 Å². The van der Waals surface area contributed by atoms with Crippen molar-refractivity contribution in [2.75, 3.05) is 12.3 Å². The number of anilines is 1. The third-order valence-corrected chi connectivity index (χ3v) is 4.35. The van der Waals surface area contributed by atoms with Gasteiger partial charge in [0.1, 0.15) is 17.8 Å². The first kappa shape index (κ1) is 17.9. The molecule has 4 atom stereocenters. The molecule has 14 heteroatoms. The second-order valence-electron chi connectivity index (χ2n) is 5.76. The molecule has 0 unspecified atom stereocenters. The third kappa shape index (κ3) is 3.18. The van der Waals surface area contributed by atoms with Gasteiger partial charge in [0, 0.05) is 0 Å². The van der Waals surface area contributed by atoms with E-state index in [0.717, 1.165) is 0 Å². The van der Waals surface area contributed by atoms with Gasteiger partial charge in [-0.15, -0.1) is 0 Å². The van der Waals surface area contributed by atoms with Crippen molar-refractivity contribution in [1.29, 1.82) is 0 Å². The van der Waals surface area contributed by atoms with Crippen LogP contribution in [0.3, 0.4) is 0 Å².